The molecule has 0 aliphatic rings. The molecule has 96 valence electrons. The Balaban J connectivity index is 1.98. The van der Waals surface area contributed by atoms with Crippen molar-refractivity contribution in [3.63, 3.8) is 0 Å². The number of nitrogens with zero attached hydrogens (tertiary/aromatic N) is 3. The Hall–Kier alpha value is -1.75. The molecule has 5 nitrogen and oxygen atoms in total. The molecule has 0 radical (unpaired) electrons. The lowest BCUT2D eigenvalue weighted by atomic mass is 10.1. The van der Waals surface area contributed by atoms with E-state index in [2.05, 4.69) is 22.0 Å². The lowest BCUT2D eigenvalue weighted by Crippen LogP contribution is -2.02. The van der Waals surface area contributed by atoms with E-state index in [0.717, 1.165) is 24.2 Å². The fourth-order valence-electron chi connectivity index (χ4n) is 1.77. The van der Waals surface area contributed by atoms with Gasteiger partial charge in [0.15, 0.2) is 5.82 Å². The SMILES string of the molecule is CC(CCCN)c1nc(Cc2ccncc2)no1. The van der Waals surface area contributed by atoms with Gasteiger partial charge in [-0.15, -0.1) is 0 Å². The van der Waals surface area contributed by atoms with Crippen LogP contribution in [0.2, 0.25) is 0 Å². The molecule has 18 heavy (non-hydrogen) atoms. The molecule has 0 bridgehead atoms. The summed E-state index contributed by atoms with van der Waals surface area (Å²) in [6.07, 6.45) is 6.16. The average molecular weight is 246 g/mol. The molecule has 0 aromatic carbocycles. The molecule has 0 saturated carbocycles. The Labute approximate surface area is 106 Å². The minimum Gasteiger partial charge on any atom is -0.339 e. The Bertz CT molecular complexity index is 469. The van der Waals surface area contributed by atoms with Gasteiger partial charge in [-0.05, 0) is 37.1 Å². The zero-order valence-electron chi connectivity index (χ0n) is 10.5. The predicted octanol–water partition coefficient (Wildman–Crippen LogP) is 1.90. The molecule has 2 heterocycles. The zero-order chi connectivity index (χ0) is 12.8. The van der Waals surface area contributed by atoms with E-state index in [1.54, 1.807) is 12.4 Å². The molecule has 1 atom stereocenters. The molecular weight excluding hydrogens is 228 g/mol. The molecule has 2 aromatic rings. The number of rotatable bonds is 6. The summed E-state index contributed by atoms with van der Waals surface area (Å²) in [5.74, 6) is 1.69. The van der Waals surface area contributed by atoms with Gasteiger partial charge in [-0.1, -0.05) is 12.1 Å². The molecule has 2 N–H and O–H groups in total. The second-order valence-corrected chi connectivity index (χ2v) is 4.41. The number of aromatic nitrogens is 3. The molecule has 1 unspecified atom stereocenters. The van der Waals surface area contributed by atoms with Crippen LogP contribution in [0.3, 0.4) is 0 Å². The van der Waals surface area contributed by atoms with Crippen LogP contribution in [0.15, 0.2) is 29.0 Å². The minimum absolute atomic E-state index is 0.271. The van der Waals surface area contributed by atoms with Crippen molar-refractivity contribution < 1.29 is 4.52 Å². The quantitative estimate of drug-likeness (QED) is 0.842. The van der Waals surface area contributed by atoms with E-state index in [0.29, 0.717) is 18.9 Å². The van der Waals surface area contributed by atoms with Gasteiger partial charge >= 0.3 is 0 Å². The van der Waals surface area contributed by atoms with E-state index in [1.165, 1.54) is 0 Å². The Morgan fingerprint density at radius 3 is 2.83 bits per heavy atom. The number of hydrogen-bond acceptors (Lipinski definition) is 5. The highest BCUT2D eigenvalue weighted by atomic mass is 16.5. The molecule has 0 amide bonds. The van der Waals surface area contributed by atoms with Crippen molar-refractivity contribution in [2.75, 3.05) is 6.54 Å². The van der Waals surface area contributed by atoms with Crippen LogP contribution in [-0.4, -0.2) is 21.7 Å². The van der Waals surface area contributed by atoms with Crippen molar-refractivity contribution in [1.29, 1.82) is 0 Å². The second kappa shape index (κ2) is 6.26. The molecule has 2 aromatic heterocycles. The summed E-state index contributed by atoms with van der Waals surface area (Å²) >= 11 is 0. The minimum atomic E-state index is 0.271. The van der Waals surface area contributed by atoms with Crippen molar-refractivity contribution in [2.45, 2.75) is 32.1 Å². The van der Waals surface area contributed by atoms with Gasteiger partial charge in [0.05, 0.1) is 0 Å². The van der Waals surface area contributed by atoms with Crippen LogP contribution in [0.1, 0.15) is 43.0 Å². The first-order valence-corrected chi connectivity index (χ1v) is 6.21. The molecule has 0 fully saturated rings. The Morgan fingerprint density at radius 2 is 2.11 bits per heavy atom. The predicted molar refractivity (Wildman–Crippen MR) is 68.0 cm³/mol. The smallest absolute Gasteiger partial charge is 0.229 e. The van der Waals surface area contributed by atoms with E-state index in [4.69, 9.17) is 10.3 Å². The van der Waals surface area contributed by atoms with Gasteiger partial charge in [0.1, 0.15) is 0 Å². The first kappa shape index (κ1) is 12.7. The largest absolute Gasteiger partial charge is 0.339 e. The molecular formula is C13H18N4O. The molecule has 5 heteroatoms. The van der Waals surface area contributed by atoms with Crippen LogP contribution >= 0.6 is 0 Å². The molecule has 0 saturated heterocycles. The normalized spacial score (nSPS) is 12.6. The topological polar surface area (TPSA) is 77.8 Å². The third kappa shape index (κ3) is 3.37. The summed E-state index contributed by atoms with van der Waals surface area (Å²) in [6, 6.07) is 3.90. The molecule has 0 spiro atoms. The van der Waals surface area contributed by atoms with Gasteiger partial charge in [0.2, 0.25) is 5.89 Å². The van der Waals surface area contributed by atoms with E-state index in [1.807, 2.05) is 12.1 Å². The van der Waals surface area contributed by atoms with E-state index >= 15 is 0 Å². The Morgan fingerprint density at radius 1 is 1.33 bits per heavy atom. The van der Waals surface area contributed by atoms with Crippen molar-refractivity contribution in [3.8, 4) is 0 Å². The standard InChI is InChI=1S/C13H18N4O/c1-10(3-2-6-14)13-16-12(17-18-13)9-11-4-7-15-8-5-11/h4-5,7-8,10H,2-3,6,9,14H2,1H3. The van der Waals surface area contributed by atoms with Crippen LogP contribution in [-0.2, 0) is 6.42 Å². The Kier molecular flexibility index (Phi) is 4.41. The maximum Gasteiger partial charge on any atom is 0.229 e. The highest BCUT2D eigenvalue weighted by Gasteiger charge is 2.13. The van der Waals surface area contributed by atoms with Gasteiger partial charge in [-0.2, -0.15) is 4.98 Å². The van der Waals surface area contributed by atoms with Crippen molar-refractivity contribution in [1.82, 2.24) is 15.1 Å². The van der Waals surface area contributed by atoms with Gasteiger partial charge in [0.25, 0.3) is 0 Å². The highest BCUT2D eigenvalue weighted by Crippen LogP contribution is 2.18. The molecule has 0 aliphatic heterocycles. The average Bonchev–Trinajstić information content (AvgIpc) is 2.86. The van der Waals surface area contributed by atoms with E-state index in [9.17, 15) is 0 Å². The summed E-state index contributed by atoms with van der Waals surface area (Å²) < 4.78 is 5.28. The third-order valence-corrected chi connectivity index (χ3v) is 2.86. The van der Waals surface area contributed by atoms with Crippen molar-refractivity contribution in [3.05, 3.63) is 41.8 Å². The summed E-state index contributed by atoms with van der Waals surface area (Å²) in [6.45, 7) is 2.78. The van der Waals surface area contributed by atoms with Gasteiger partial charge in [-0.3, -0.25) is 4.98 Å². The first-order valence-electron chi connectivity index (χ1n) is 6.21. The summed E-state index contributed by atoms with van der Waals surface area (Å²) in [5, 5.41) is 4.00. The molecule has 2 rings (SSSR count). The van der Waals surface area contributed by atoms with Crippen molar-refractivity contribution >= 4 is 0 Å². The summed E-state index contributed by atoms with van der Waals surface area (Å²) in [7, 11) is 0. The summed E-state index contributed by atoms with van der Waals surface area (Å²) in [5.41, 5.74) is 6.62. The summed E-state index contributed by atoms with van der Waals surface area (Å²) in [4.78, 5) is 8.40. The fraction of sp³-hybridized carbons (Fsp3) is 0.462. The monoisotopic (exact) mass is 246 g/mol. The van der Waals surface area contributed by atoms with Crippen LogP contribution in [0, 0.1) is 0 Å². The number of hydrogen-bond donors (Lipinski definition) is 1. The second-order valence-electron chi connectivity index (χ2n) is 4.41. The third-order valence-electron chi connectivity index (χ3n) is 2.86. The maximum atomic E-state index is 5.49. The van der Waals surface area contributed by atoms with E-state index in [-0.39, 0.29) is 5.92 Å². The van der Waals surface area contributed by atoms with E-state index < -0.39 is 0 Å². The van der Waals surface area contributed by atoms with Crippen LogP contribution in [0.4, 0.5) is 0 Å². The lowest BCUT2D eigenvalue weighted by Gasteiger charge is -2.03. The number of nitrogens with two attached hydrogens (primary N) is 1. The van der Waals surface area contributed by atoms with Crippen LogP contribution in [0.25, 0.3) is 0 Å². The van der Waals surface area contributed by atoms with Crippen molar-refractivity contribution in [2.24, 2.45) is 5.73 Å². The highest BCUT2D eigenvalue weighted by molar-refractivity contribution is 5.14. The van der Waals surface area contributed by atoms with Crippen LogP contribution in [0.5, 0.6) is 0 Å². The van der Waals surface area contributed by atoms with Gasteiger partial charge < -0.3 is 10.3 Å². The maximum absolute atomic E-state index is 5.49. The lowest BCUT2D eigenvalue weighted by molar-refractivity contribution is 0.349. The molecule has 0 aliphatic carbocycles. The number of pyridine rings is 1. The zero-order valence-corrected chi connectivity index (χ0v) is 10.5. The van der Waals surface area contributed by atoms with Gasteiger partial charge in [0, 0.05) is 24.7 Å². The fourth-order valence-corrected chi connectivity index (χ4v) is 1.77. The van der Waals surface area contributed by atoms with Crippen LogP contribution < -0.4 is 5.73 Å². The first-order chi connectivity index (χ1) is 8.79. The van der Waals surface area contributed by atoms with Gasteiger partial charge in [-0.25, -0.2) is 0 Å².